The quantitative estimate of drug-likeness (QED) is 0.0666. The minimum Gasteiger partial charge on any atom is -0.497 e. The summed E-state index contributed by atoms with van der Waals surface area (Å²) >= 11 is 0. The molecule has 8 rings (SSSR count). The zero-order valence-corrected chi connectivity index (χ0v) is 41.8. The van der Waals surface area contributed by atoms with Gasteiger partial charge in [0.2, 0.25) is 5.91 Å². The van der Waals surface area contributed by atoms with Gasteiger partial charge in [0.15, 0.2) is 11.3 Å². The Hall–Kier alpha value is -5.86. The molecule has 17 heteroatoms. The number of aromatic nitrogens is 8. The SMILES string of the molecule is COc1ccc2c(c1)c(-c1cc3nc(CN)cnc3n1COCC[Si](C)(C)C)cn2C.COc1ccc2c(c1)c(-c1cc3nc(CNC(C)=O)cnc3n1COCC[Si](C)(C)C)cn2C. The molecule has 0 saturated heterocycles. The standard InChI is InChI=1S/C25H33N5O3Si.C23H31N5O2Si/c1-17(31)26-13-18-14-27-25-22(28-18)12-24(30(25)16-33-9-10-34(4,5)6)21-15-29(2)23-8-7-19(32-3)11-20(21)23;1-27-14-19(18-10-17(29-2)6-7-21(18)27)22-11-20-23(25-13-16(12-24)26-20)28(22)15-30-8-9-31(3,4)5/h7-8,11-12,14-15H,9-10,13,16H2,1-6H3,(H,26,31);6-7,10-11,13-14H,8-9,12,15,24H2,1-5H3. The third-order valence-corrected chi connectivity index (χ3v) is 14.8. The second-order valence-electron chi connectivity index (χ2n) is 18.9. The lowest BCUT2D eigenvalue weighted by atomic mass is 10.1. The third kappa shape index (κ3) is 11.0. The molecule has 3 N–H and O–H groups in total. The largest absolute Gasteiger partial charge is 0.497 e. The van der Waals surface area contributed by atoms with E-state index in [4.69, 9.17) is 39.6 Å². The molecule has 0 aliphatic heterocycles. The minimum absolute atomic E-state index is 0.0966. The molecule has 0 saturated carbocycles. The number of amides is 1. The fourth-order valence-electron chi connectivity index (χ4n) is 7.70. The van der Waals surface area contributed by atoms with E-state index in [1.807, 2.05) is 19.2 Å². The number of aryl methyl sites for hydroxylation is 2. The Morgan fingerprint density at radius 1 is 0.677 bits per heavy atom. The molecule has 1 amide bonds. The normalized spacial score (nSPS) is 12.1. The Morgan fingerprint density at radius 3 is 1.54 bits per heavy atom. The van der Waals surface area contributed by atoms with Crippen molar-refractivity contribution in [3.05, 3.63) is 84.7 Å². The number of carbonyl (C=O) groups is 1. The van der Waals surface area contributed by atoms with Gasteiger partial charge in [0.05, 0.1) is 55.9 Å². The molecule has 0 aliphatic carbocycles. The van der Waals surface area contributed by atoms with Gasteiger partial charge >= 0.3 is 0 Å². The van der Waals surface area contributed by atoms with Crippen molar-refractivity contribution in [3.63, 3.8) is 0 Å². The Morgan fingerprint density at radius 2 is 1.12 bits per heavy atom. The van der Waals surface area contributed by atoms with Gasteiger partial charge in [-0.1, -0.05) is 39.3 Å². The highest BCUT2D eigenvalue weighted by Gasteiger charge is 2.21. The van der Waals surface area contributed by atoms with Crippen LogP contribution in [0.5, 0.6) is 11.5 Å². The molecule has 0 atom stereocenters. The molecule has 6 aromatic heterocycles. The van der Waals surface area contributed by atoms with E-state index in [1.165, 1.54) is 6.92 Å². The summed E-state index contributed by atoms with van der Waals surface area (Å²) in [4.78, 5) is 30.2. The van der Waals surface area contributed by atoms with E-state index >= 15 is 0 Å². The zero-order chi connectivity index (χ0) is 46.6. The number of fused-ring (bicyclic) bond motifs is 4. The highest BCUT2D eigenvalue weighted by atomic mass is 28.3. The second kappa shape index (κ2) is 19.7. The molecule has 15 nitrogen and oxygen atoms in total. The number of carbonyl (C=O) groups excluding carboxylic acids is 1. The first-order valence-electron chi connectivity index (χ1n) is 22.0. The van der Waals surface area contributed by atoms with E-state index in [0.717, 1.165) is 103 Å². The Bertz CT molecular complexity index is 2960. The smallest absolute Gasteiger partial charge is 0.217 e. The van der Waals surface area contributed by atoms with Gasteiger partial charge in [-0.3, -0.25) is 13.9 Å². The van der Waals surface area contributed by atoms with Crippen molar-refractivity contribution in [2.45, 2.75) is 84.8 Å². The average Bonchev–Trinajstić information content (AvgIpc) is 4.01. The summed E-state index contributed by atoms with van der Waals surface area (Å²) in [6, 6.07) is 18.6. The number of ether oxygens (including phenoxy) is 4. The highest BCUT2D eigenvalue weighted by molar-refractivity contribution is 6.76. The molecule has 344 valence electrons. The first-order valence-corrected chi connectivity index (χ1v) is 29.5. The molecule has 65 heavy (non-hydrogen) atoms. The van der Waals surface area contributed by atoms with Crippen molar-refractivity contribution < 1.29 is 23.7 Å². The monoisotopic (exact) mass is 916 g/mol. The van der Waals surface area contributed by atoms with E-state index in [0.29, 0.717) is 38.9 Å². The lowest BCUT2D eigenvalue weighted by Gasteiger charge is -2.16. The summed E-state index contributed by atoms with van der Waals surface area (Å²) in [5, 5.41) is 5.00. The third-order valence-electron chi connectivity index (χ3n) is 11.4. The number of nitrogens with two attached hydrogens (primary N) is 1. The van der Waals surface area contributed by atoms with E-state index in [-0.39, 0.29) is 5.91 Å². The van der Waals surface area contributed by atoms with Gasteiger partial charge in [-0.25, -0.2) is 19.9 Å². The Kier molecular flexibility index (Phi) is 14.3. The molecule has 0 fully saturated rings. The van der Waals surface area contributed by atoms with E-state index in [9.17, 15) is 4.79 Å². The number of rotatable bonds is 17. The molecule has 8 aromatic rings. The van der Waals surface area contributed by atoms with Crippen LogP contribution in [0.1, 0.15) is 18.3 Å². The lowest BCUT2D eigenvalue weighted by Crippen LogP contribution is -2.22. The van der Waals surface area contributed by atoms with Crippen LogP contribution in [0.3, 0.4) is 0 Å². The molecule has 0 bridgehead atoms. The number of hydrogen-bond donors (Lipinski definition) is 2. The van der Waals surface area contributed by atoms with Crippen molar-refractivity contribution in [1.29, 1.82) is 0 Å². The van der Waals surface area contributed by atoms with Gasteiger partial charge in [-0.15, -0.1) is 0 Å². The predicted octanol–water partition coefficient (Wildman–Crippen LogP) is 8.92. The van der Waals surface area contributed by atoms with Crippen LogP contribution in [-0.2, 0) is 54.9 Å². The van der Waals surface area contributed by atoms with E-state index in [2.05, 4.69) is 124 Å². The number of benzene rings is 2. The molecule has 2 aromatic carbocycles. The van der Waals surface area contributed by atoms with Crippen LogP contribution in [0, 0.1) is 0 Å². The molecule has 0 unspecified atom stereocenters. The van der Waals surface area contributed by atoms with Crippen molar-refractivity contribution in [2.75, 3.05) is 27.4 Å². The Labute approximate surface area is 382 Å². The molecule has 0 radical (unpaired) electrons. The summed E-state index contributed by atoms with van der Waals surface area (Å²) in [6.07, 6.45) is 7.72. The van der Waals surface area contributed by atoms with Crippen LogP contribution in [0.2, 0.25) is 51.4 Å². The van der Waals surface area contributed by atoms with E-state index in [1.54, 1.807) is 26.6 Å². The fraction of sp³-hybridized carbons (Fsp3) is 0.396. The number of nitrogens with zero attached hydrogens (tertiary/aromatic N) is 8. The van der Waals surface area contributed by atoms with Crippen molar-refractivity contribution in [1.82, 2.24) is 43.5 Å². The maximum absolute atomic E-state index is 11.3. The fourth-order valence-corrected chi connectivity index (χ4v) is 9.22. The maximum atomic E-state index is 11.3. The van der Waals surface area contributed by atoms with Gasteiger partial charge in [-0.2, -0.15) is 0 Å². The van der Waals surface area contributed by atoms with Crippen LogP contribution in [0.4, 0.5) is 0 Å². The van der Waals surface area contributed by atoms with Gasteiger partial charge in [0.1, 0.15) is 36.0 Å². The van der Waals surface area contributed by atoms with Crippen LogP contribution in [0.15, 0.2) is 73.3 Å². The molecule has 0 spiro atoms. The summed E-state index contributed by atoms with van der Waals surface area (Å²) in [5.74, 6) is 1.54. The van der Waals surface area contributed by atoms with Crippen molar-refractivity contribution >= 4 is 66.2 Å². The first kappa shape index (κ1) is 47.1. The summed E-state index contributed by atoms with van der Waals surface area (Å²) in [6.45, 7) is 18.6. The summed E-state index contributed by atoms with van der Waals surface area (Å²) in [7, 11) is 5.11. The first-order chi connectivity index (χ1) is 31.0. The van der Waals surface area contributed by atoms with Gasteiger partial charge in [0.25, 0.3) is 0 Å². The van der Waals surface area contributed by atoms with Gasteiger partial charge in [0, 0.05) is 102 Å². The lowest BCUT2D eigenvalue weighted by molar-refractivity contribution is -0.119. The second-order valence-corrected chi connectivity index (χ2v) is 30.2. The number of hydrogen-bond acceptors (Lipinski definition) is 10. The van der Waals surface area contributed by atoms with Crippen LogP contribution in [-0.4, -0.2) is 87.7 Å². The van der Waals surface area contributed by atoms with Gasteiger partial charge in [-0.05, 0) is 60.6 Å². The van der Waals surface area contributed by atoms with Crippen LogP contribution < -0.4 is 20.5 Å². The van der Waals surface area contributed by atoms with Crippen molar-refractivity contribution in [2.24, 2.45) is 19.8 Å². The van der Waals surface area contributed by atoms with Crippen molar-refractivity contribution in [3.8, 4) is 34.0 Å². The highest BCUT2D eigenvalue weighted by Crippen LogP contribution is 2.37. The number of methoxy groups -OCH3 is 2. The zero-order valence-electron chi connectivity index (χ0n) is 39.8. The summed E-state index contributed by atoms with van der Waals surface area (Å²) < 4.78 is 31.7. The topological polar surface area (TPSA) is 163 Å². The molecular formula is C48H64N10O5Si2. The predicted molar refractivity (Wildman–Crippen MR) is 266 cm³/mol. The average molecular weight is 917 g/mol. The van der Waals surface area contributed by atoms with Crippen LogP contribution in [0.25, 0.3) is 66.6 Å². The molecular weight excluding hydrogens is 853 g/mol. The minimum atomic E-state index is -1.19. The van der Waals surface area contributed by atoms with E-state index < -0.39 is 16.1 Å². The molecule has 6 heterocycles. The number of nitrogens with one attached hydrogen (secondary N) is 1. The summed E-state index contributed by atoms with van der Waals surface area (Å²) in [5.41, 5.74) is 16.9. The molecule has 0 aliphatic rings. The van der Waals surface area contributed by atoms with Crippen LogP contribution >= 0.6 is 0 Å². The van der Waals surface area contributed by atoms with Gasteiger partial charge < -0.3 is 39.1 Å². The maximum Gasteiger partial charge on any atom is 0.217 e. The Balaban J connectivity index is 0.000000195.